The average Bonchev–Trinajstić information content (AvgIpc) is 2.63. The standard InChI is InChI=1S/C14H24O8P2/c1-17-13(23(15,19-3)20-4)11-9-7-8-10-12(11)14(18-2)24(16,21-5)22-6/h7-10,13-14H,1-6H3. The van der Waals surface area contributed by atoms with E-state index < -0.39 is 26.9 Å². The second-order valence-corrected chi connectivity index (χ2v) is 9.17. The van der Waals surface area contributed by atoms with Gasteiger partial charge in [-0.3, -0.25) is 9.13 Å². The van der Waals surface area contributed by atoms with E-state index in [9.17, 15) is 9.13 Å². The van der Waals surface area contributed by atoms with Crippen LogP contribution in [0.5, 0.6) is 0 Å². The highest BCUT2D eigenvalue weighted by Crippen LogP contribution is 2.65. The minimum atomic E-state index is -3.61. The molecule has 2 atom stereocenters. The summed E-state index contributed by atoms with van der Waals surface area (Å²) < 4.78 is 56.5. The van der Waals surface area contributed by atoms with Crippen LogP contribution < -0.4 is 0 Å². The van der Waals surface area contributed by atoms with E-state index in [2.05, 4.69) is 0 Å². The maximum absolute atomic E-state index is 12.8. The van der Waals surface area contributed by atoms with Crippen molar-refractivity contribution in [1.29, 1.82) is 0 Å². The summed E-state index contributed by atoms with van der Waals surface area (Å²) in [7, 11) is 0.596. The predicted molar refractivity (Wildman–Crippen MR) is 89.2 cm³/mol. The molecule has 0 spiro atoms. The maximum Gasteiger partial charge on any atom is 0.363 e. The van der Waals surface area contributed by atoms with Gasteiger partial charge in [0.05, 0.1) is 0 Å². The van der Waals surface area contributed by atoms with Crippen molar-refractivity contribution in [3.8, 4) is 0 Å². The van der Waals surface area contributed by atoms with Crippen LogP contribution >= 0.6 is 15.2 Å². The van der Waals surface area contributed by atoms with Crippen LogP contribution in [0.2, 0.25) is 0 Å². The Morgan fingerprint density at radius 2 is 0.958 bits per heavy atom. The van der Waals surface area contributed by atoms with E-state index in [1.807, 2.05) is 0 Å². The van der Waals surface area contributed by atoms with Crippen molar-refractivity contribution in [2.24, 2.45) is 0 Å². The Hall–Kier alpha value is -0.560. The average molecular weight is 382 g/mol. The molecule has 0 heterocycles. The fraction of sp³-hybridized carbons (Fsp3) is 0.571. The van der Waals surface area contributed by atoms with Gasteiger partial charge in [-0.25, -0.2) is 0 Å². The SMILES string of the molecule is COC(c1ccccc1C(OC)P(=O)(OC)OC)P(=O)(OC)OC. The number of ether oxygens (including phenoxy) is 2. The summed E-state index contributed by atoms with van der Waals surface area (Å²) in [5.74, 6) is -2.08. The van der Waals surface area contributed by atoms with Crippen LogP contribution in [0, 0.1) is 0 Å². The van der Waals surface area contributed by atoms with Crippen molar-refractivity contribution in [2.75, 3.05) is 42.7 Å². The normalized spacial score (nSPS) is 15.2. The molecule has 0 saturated heterocycles. The molecule has 0 fully saturated rings. The number of rotatable bonds is 10. The molecule has 2 unspecified atom stereocenters. The topological polar surface area (TPSA) is 89.5 Å². The van der Waals surface area contributed by atoms with Gasteiger partial charge in [-0.05, 0) is 11.1 Å². The molecule has 0 amide bonds. The summed E-state index contributed by atoms with van der Waals surface area (Å²) in [5, 5.41) is 0. The lowest BCUT2D eigenvalue weighted by Gasteiger charge is -2.29. The highest BCUT2D eigenvalue weighted by molar-refractivity contribution is 7.54. The minimum absolute atomic E-state index is 0.438. The van der Waals surface area contributed by atoms with Gasteiger partial charge in [0.25, 0.3) is 0 Å². The van der Waals surface area contributed by atoms with E-state index in [0.717, 1.165) is 0 Å². The number of hydrogen-bond acceptors (Lipinski definition) is 8. The molecule has 138 valence electrons. The third-order valence-corrected chi connectivity index (χ3v) is 7.73. The third-order valence-electron chi connectivity index (χ3n) is 3.57. The van der Waals surface area contributed by atoms with Gasteiger partial charge in [0.1, 0.15) is 0 Å². The van der Waals surface area contributed by atoms with Gasteiger partial charge in [-0.1, -0.05) is 24.3 Å². The van der Waals surface area contributed by atoms with Crippen molar-refractivity contribution < 1.29 is 36.7 Å². The van der Waals surface area contributed by atoms with Crippen LogP contribution in [0.3, 0.4) is 0 Å². The van der Waals surface area contributed by atoms with E-state index in [0.29, 0.717) is 11.1 Å². The van der Waals surface area contributed by atoms with E-state index >= 15 is 0 Å². The summed E-state index contributed by atoms with van der Waals surface area (Å²) in [6, 6.07) is 6.77. The number of methoxy groups -OCH3 is 2. The molecule has 0 bridgehead atoms. The van der Waals surface area contributed by atoms with Crippen molar-refractivity contribution in [3.05, 3.63) is 35.4 Å². The smallest absolute Gasteiger partial charge is 0.363 e. The summed E-state index contributed by atoms with van der Waals surface area (Å²) in [5.41, 5.74) is 0.876. The zero-order valence-corrected chi connectivity index (χ0v) is 16.4. The van der Waals surface area contributed by atoms with E-state index in [1.165, 1.54) is 42.7 Å². The largest absolute Gasteiger partial charge is 0.364 e. The predicted octanol–water partition coefficient (Wildman–Crippen LogP) is 3.95. The Morgan fingerprint density at radius 3 is 1.17 bits per heavy atom. The fourth-order valence-corrected chi connectivity index (χ4v) is 5.08. The van der Waals surface area contributed by atoms with Crippen molar-refractivity contribution >= 4 is 15.2 Å². The molecule has 1 aromatic rings. The van der Waals surface area contributed by atoms with Crippen LogP contribution in [-0.2, 0) is 36.7 Å². The fourth-order valence-electron chi connectivity index (χ4n) is 2.35. The first-order chi connectivity index (χ1) is 11.4. The lowest BCUT2D eigenvalue weighted by Crippen LogP contribution is -2.13. The zero-order valence-electron chi connectivity index (χ0n) is 14.6. The maximum atomic E-state index is 12.8. The Bertz CT molecular complexity index is 552. The first-order valence-electron chi connectivity index (χ1n) is 6.94. The summed E-state index contributed by atoms with van der Waals surface area (Å²) in [6.07, 6.45) is 0. The molecular weight excluding hydrogens is 358 g/mol. The van der Waals surface area contributed by atoms with Gasteiger partial charge in [0, 0.05) is 42.7 Å². The molecule has 0 N–H and O–H groups in total. The molecule has 0 radical (unpaired) electrons. The van der Waals surface area contributed by atoms with Crippen LogP contribution in [0.25, 0.3) is 0 Å². The first-order valence-corrected chi connectivity index (χ1v) is 10.2. The Labute approximate surface area is 142 Å². The van der Waals surface area contributed by atoms with E-state index in [-0.39, 0.29) is 0 Å². The van der Waals surface area contributed by atoms with Gasteiger partial charge in [0.15, 0.2) is 11.7 Å². The van der Waals surface area contributed by atoms with Crippen LogP contribution in [-0.4, -0.2) is 42.7 Å². The number of benzene rings is 1. The summed E-state index contributed by atoms with van der Waals surface area (Å²) >= 11 is 0. The van der Waals surface area contributed by atoms with Crippen LogP contribution in [0.15, 0.2) is 24.3 Å². The van der Waals surface area contributed by atoms with Gasteiger partial charge < -0.3 is 27.6 Å². The molecule has 0 aromatic heterocycles. The molecule has 1 rings (SSSR count). The molecule has 10 heteroatoms. The molecular formula is C14H24O8P2. The molecule has 0 aliphatic rings. The minimum Gasteiger partial charge on any atom is -0.364 e. The van der Waals surface area contributed by atoms with Crippen LogP contribution in [0.4, 0.5) is 0 Å². The van der Waals surface area contributed by atoms with E-state index in [4.69, 9.17) is 27.6 Å². The molecule has 8 nitrogen and oxygen atoms in total. The van der Waals surface area contributed by atoms with Crippen LogP contribution in [0.1, 0.15) is 22.8 Å². The van der Waals surface area contributed by atoms with Crippen molar-refractivity contribution in [3.63, 3.8) is 0 Å². The Morgan fingerprint density at radius 1 is 0.667 bits per heavy atom. The zero-order chi connectivity index (χ0) is 18.4. The first kappa shape index (κ1) is 21.5. The van der Waals surface area contributed by atoms with E-state index in [1.54, 1.807) is 24.3 Å². The molecule has 24 heavy (non-hydrogen) atoms. The number of hydrogen-bond donors (Lipinski definition) is 0. The van der Waals surface area contributed by atoms with Gasteiger partial charge >= 0.3 is 15.2 Å². The Balaban J connectivity index is 3.53. The molecule has 0 aliphatic carbocycles. The van der Waals surface area contributed by atoms with Gasteiger partial charge in [-0.2, -0.15) is 0 Å². The lowest BCUT2D eigenvalue weighted by atomic mass is 10.1. The highest BCUT2D eigenvalue weighted by atomic mass is 31.2. The second-order valence-electron chi connectivity index (χ2n) is 4.62. The molecule has 0 aliphatic heterocycles. The second kappa shape index (κ2) is 9.22. The van der Waals surface area contributed by atoms with Gasteiger partial charge in [-0.15, -0.1) is 0 Å². The quantitative estimate of drug-likeness (QED) is 0.562. The summed E-state index contributed by atoms with van der Waals surface area (Å²) in [4.78, 5) is 0. The summed E-state index contributed by atoms with van der Waals surface area (Å²) in [6.45, 7) is 0. The van der Waals surface area contributed by atoms with Crippen molar-refractivity contribution in [2.45, 2.75) is 11.7 Å². The van der Waals surface area contributed by atoms with Gasteiger partial charge in [0.2, 0.25) is 0 Å². The molecule has 0 saturated carbocycles. The highest BCUT2D eigenvalue weighted by Gasteiger charge is 2.42. The monoisotopic (exact) mass is 382 g/mol. The molecule has 1 aromatic carbocycles. The lowest BCUT2D eigenvalue weighted by molar-refractivity contribution is 0.108. The Kier molecular flexibility index (Phi) is 8.26. The van der Waals surface area contributed by atoms with Crippen molar-refractivity contribution in [1.82, 2.24) is 0 Å². The third kappa shape index (κ3) is 4.15.